The molecular formula is C14H19ClFN. The van der Waals surface area contributed by atoms with E-state index in [4.69, 9.17) is 11.6 Å². The fourth-order valence-electron chi connectivity index (χ4n) is 2.31. The zero-order valence-corrected chi connectivity index (χ0v) is 11.2. The van der Waals surface area contributed by atoms with Crippen LogP contribution in [0.5, 0.6) is 0 Å². The lowest BCUT2D eigenvalue weighted by Gasteiger charge is -2.34. The summed E-state index contributed by atoms with van der Waals surface area (Å²) in [7, 11) is 0. The fourth-order valence-corrected chi connectivity index (χ4v) is 2.63. The van der Waals surface area contributed by atoms with Gasteiger partial charge in [-0.15, -0.1) is 11.6 Å². The van der Waals surface area contributed by atoms with Crippen LogP contribution in [0.25, 0.3) is 0 Å². The van der Waals surface area contributed by atoms with Gasteiger partial charge in [-0.2, -0.15) is 0 Å². The Morgan fingerprint density at radius 3 is 2.88 bits per heavy atom. The van der Waals surface area contributed by atoms with Crippen LogP contribution in [0.3, 0.4) is 0 Å². The number of piperidine rings is 1. The van der Waals surface area contributed by atoms with Crippen molar-refractivity contribution in [3.8, 4) is 0 Å². The fraction of sp³-hybridized carbons (Fsp3) is 0.571. The minimum atomic E-state index is -0.159. The second kappa shape index (κ2) is 5.36. The van der Waals surface area contributed by atoms with Gasteiger partial charge in [0.05, 0.1) is 0 Å². The quantitative estimate of drug-likeness (QED) is 0.730. The highest BCUT2D eigenvalue weighted by Gasteiger charge is 2.24. The number of alkyl halides is 1. The lowest BCUT2D eigenvalue weighted by atomic mass is 9.97. The topological polar surface area (TPSA) is 3.24 Å². The molecule has 0 aromatic heterocycles. The van der Waals surface area contributed by atoms with Gasteiger partial charge >= 0.3 is 0 Å². The van der Waals surface area contributed by atoms with Crippen molar-refractivity contribution in [3.63, 3.8) is 0 Å². The third-order valence-corrected chi connectivity index (χ3v) is 4.22. The zero-order valence-electron chi connectivity index (χ0n) is 10.4. The van der Waals surface area contributed by atoms with Crippen LogP contribution in [0.2, 0.25) is 0 Å². The van der Waals surface area contributed by atoms with E-state index in [1.807, 2.05) is 13.0 Å². The molecule has 1 aromatic rings. The maximum absolute atomic E-state index is 13.0. The van der Waals surface area contributed by atoms with Crippen LogP contribution in [0.4, 0.5) is 4.39 Å². The molecule has 3 heteroatoms. The van der Waals surface area contributed by atoms with Gasteiger partial charge in [-0.3, -0.25) is 4.90 Å². The van der Waals surface area contributed by atoms with Gasteiger partial charge in [0.1, 0.15) is 5.82 Å². The van der Waals surface area contributed by atoms with Crippen LogP contribution in [0.15, 0.2) is 18.2 Å². The molecule has 0 aliphatic carbocycles. The first-order valence-corrected chi connectivity index (χ1v) is 6.61. The summed E-state index contributed by atoms with van der Waals surface area (Å²) in [5.74, 6) is 0.441. The van der Waals surface area contributed by atoms with E-state index in [0.717, 1.165) is 31.6 Å². The van der Waals surface area contributed by atoms with E-state index in [1.165, 1.54) is 11.6 Å². The first-order chi connectivity index (χ1) is 8.06. The van der Waals surface area contributed by atoms with Gasteiger partial charge < -0.3 is 0 Å². The molecule has 1 aromatic carbocycles. The average molecular weight is 256 g/mol. The van der Waals surface area contributed by atoms with Crippen molar-refractivity contribution in [2.75, 3.05) is 13.1 Å². The van der Waals surface area contributed by atoms with Crippen LogP contribution in [0, 0.1) is 18.7 Å². The minimum absolute atomic E-state index is 0.159. The smallest absolute Gasteiger partial charge is 0.123 e. The Kier molecular flexibility index (Phi) is 4.05. The highest BCUT2D eigenvalue weighted by atomic mass is 35.5. The second-order valence-corrected chi connectivity index (χ2v) is 5.65. The molecule has 2 rings (SSSR count). The van der Waals surface area contributed by atoms with Crippen LogP contribution in [0.1, 0.15) is 24.5 Å². The first-order valence-electron chi connectivity index (χ1n) is 6.17. The highest BCUT2D eigenvalue weighted by Crippen LogP contribution is 2.23. The van der Waals surface area contributed by atoms with Crippen LogP contribution in [-0.2, 0) is 6.54 Å². The summed E-state index contributed by atoms with van der Waals surface area (Å²) in [6.45, 7) is 7.06. The lowest BCUT2D eigenvalue weighted by Crippen LogP contribution is -2.39. The summed E-state index contributed by atoms with van der Waals surface area (Å²) in [5.41, 5.74) is 2.22. The third kappa shape index (κ3) is 3.20. The van der Waals surface area contributed by atoms with Crippen LogP contribution < -0.4 is 0 Å². The summed E-state index contributed by atoms with van der Waals surface area (Å²) in [6, 6.07) is 5.01. The molecule has 2 unspecified atom stereocenters. The molecule has 94 valence electrons. The van der Waals surface area contributed by atoms with E-state index >= 15 is 0 Å². The Labute approximate surface area is 108 Å². The molecule has 1 nitrogen and oxygen atoms in total. The first kappa shape index (κ1) is 12.8. The normalized spacial score (nSPS) is 26.1. The Morgan fingerprint density at radius 1 is 1.47 bits per heavy atom. The van der Waals surface area contributed by atoms with Gasteiger partial charge in [-0.05, 0) is 49.1 Å². The molecule has 2 atom stereocenters. The molecule has 0 radical (unpaired) electrons. The molecule has 1 heterocycles. The number of hydrogen-bond acceptors (Lipinski definition) is 1. The van der Waals surface area contributed by atoms with Gasteiger partial charge in [0, 0.05) is 18.5 Å². The maximum atomic E-state index is 13.0. The van der Waals surface area contributed by atoms with Gasteiger partial charge in [-0.1, -0.05) is 13.0 Å². The summed E-state index contributed by atoms with van der Waals surface area (Å²) in [6.07, 6.45) is 1.15. The highest BCUT2D eigenvalue weighted by molar-refractivity contribution is 6.21. The van der Waals surface area contributed by atoms with Crippen molar-refractivity contribution in [1.82, 2.24) is 4.90 Å². The van der Waals surface area contributed by atoms with Crippen molar-refractivity contribution >= 4 is 11.6 Å². The Bertz CT molecular complexity index is 394. The largest absolute Gasteiger partial charge is 0.298 e. The number of rotatable bonds is 2. The molecule has 1 aliphatic heterocycles. The van der Waals surface area contributed by atoms with E-state index in [1.54, 1.807) is 6.07 Å². The maximum Gasteiger partial charge on any atom is 0.123 e. The standard InChI is InChI=1S/C14H19ClFN/c1-10-5-6-17(9-14(10)15)8-12-3-4-13(16)7-11(12)2/h3-4,7,10,14H,5-6,8-9H2,1-2H3. The number of hydrogen-bond donors (Lipinski definition) is 0. The number of halogens is 2. The summed E-state index contributed by atoms with van der Waals surface area (Å²) >= 11 is 6.29. The van der Waals surface area contributed by atoms with Gasteiger partial charge in [-0.25, -0.2) is 4.39 Å². The lowest BCUT2D eigenvalue weighted by molar-refractivity contribution is 0.189. The predicted molar refractivity (Wildman–Crippen MR) is 69.8 cm³/mol. The summed E-state index contributed by atoms with van der Waals surface area (Å²) in [4.78, 5) is 2.36. The molecule has 0 N–H and O–H groups in total. The molecular weight excluding hydrogens is 237 g/mol. The Balaban J connectivity index is 2.01. The van der Waals surface area contributed by atoms with E-state index in [9.17, 15) is 4.39 Å². The summed E-state index contributed by atoms with van der Waals surface area (Å²) < 4.78 is 13.0. The van der Waals surface area contributed by atoms with E-state index < -0.39 is 0 Å². The number of benzene rings is 1. The minimum Gasteiger partial charge on any atom is -0.298 e. The van der Waals surface area contributed by atoms with Crippen molar-refractivity contribution < 1.29 is 4.39 Å². The van der Waals surface area contributed by atoms with Gasteiger partial charge in [0.2, 0.25) is 0 Å². The van der Waals surface area contributed by atoms with Crippen molar-refractivity contribution in [3.05, 3.63) is 35.1 Å². The van der Waals surface area contributed by atoms with E-state index in [-0.39, 0.29) is 11.2 Å². The Morgan fingerprint density at radius 2 is 2.24 bits per heavy atom. The summed E-state index contributed by atoms with van der Waals surface area (Å²) in [5, 5.41) is 0.240. The molecule has 1 aliphatic rings. The Hall–Kier alpha value is -0.600. The molecule has 0 amide bonds. The molecule has 0 bridgehead atoms. The van der Waals surface area contributed by atoms with E-state index in [2.05, 4.69) is 11.8 Å². The SMILES string of the molecule is Cc1cc(F)ccc1CN1CCC(C)C(Cl)C1. The van der Waals surface area contributed by atoms with E-state index in [0.29, 0.717) is 5.92 Å². The van der Waals surface area contributed by atoms with Crippen LogP contribution in [-0.4, -0.2) is 23.4 Å². The van der Waals surface area contributed by atoms with Crippen LogP contribution >= 0.6 is 11.6 Å². The number of likely N-dealkylation sites (tertiary alicyclic amines) is 1. The molecule has 0 saturated carbocycles. The number of aryl methyl sites for hydroxylation is 1. The molecule has 17 heavy (non-hydrogen) atoms. The molecule has 1 saturated heterocycles. The molecule has 1 fully saturated rings. The molecule has 0 spiro atoms. The van der Waals surface area contributed by atoms with Crippen molar-refractivity contribution in [2.24, 2.45) is 5.92 Å². The predicted octanol–water partition coefficient (Wildman–Crippen LogP) is 3.58. The third-order valence-electron chi connectivity index (χ3n) is 3.65. The van der Waals surface area contributed by atoms with Gasteiger partial charge in [0.15, 0.2) is 0 Å². The monoisotopic (exact) mass is 255 g/mol. The van der Waals surface area contributed by atoms with Gasteiger partial charge in [0.25, 0.3) is 0 Å². The zero-order chi connectivity index (χ0) is 12.4. The second-order valence-electron chi connectivity index (χ2n) is 5.09. The average Bonchev–Trinajstić information content (AvgIpc) is 2.27. The van der Waals surface area contributed by atoms with Crippen molar-refractivity contribution in [1.29, 1.82) is 0 Å². The van der Waals surface area contributed by atoms with Crippen molar-refractivity contribution in [2.45, 2.75) is 32.2 Å². The number of nitrogens with zero attached hydrogens (tertiary/aromatic N) is 1.